The molecule has 0 atom stereocenters. The normalized spacial score (nSPS) is 19.2. The Bertz CT molecular complexity index is 429. The zero-order valence-electron chi connectivity index (χ0n) is 11.7. The maximum atomic E-state index is 5.88. The molecule has 18 heavy (non-hydrogen) atoms. The summed E-state index contributed by atoms with van der Waals surface area (Å²) in [5.41, 5.74) is 9.49. The van der Waals surface area contributed by atoms with Crippen LogP contribution in [0.1, 0.15) is 37.5 Å². The second kappa shape index (κ2) is 4.65. The average Bonchev–Trinajstić information content (AvgIpc) is 2.77. The van der Waals surface area contributed by atoms with Crippen molar-refractivity contribution in [2.75, 3.05) is 19.8 Å². The first-order chi connectivity index (χ1) is 8.39. The van der Waals surface area contributed by atoms with Crippen LogP contribution in [0.2, 0.25) is 0 Å². The summed E-state index contributed by atoms with van der Waals surface area (Å²) >= 11 is 0. The van der Waals surface area contributed by atoms with Gasteiger partial charge in [0.1, 0.15) is 0 Å². The minimum absolute atomic E-state index is 0.108. The molecule has 0 aliphatic carbocycles. The Hall–Kier alpha value is -0.900. The molecule has 2 N–H and O–H groups in total. The third kappa shape index (κ3) is 2.30. The van der Waals surface area contributed by atoms with Crippen molar-refractivity contribution in [3.05, 3.63) is 34.9 Å². The largest absolute Gasteiger partial charge is 0.342 e. The molecular formula is C15H23NO2. The van der Waals surface area contributed by atoms with E-state index in [9.17, 15) is 0 Å². The SMILES string of the molecule is Cc1ccc(C(C)(C)C)cc1C1(CN)OCCO1. The summed E-state index contributed by atoms with van der Waals surface area (Å²) in [5, 5.41) is 0. The fourth-order valence-electron chi connectivity index (χ4n) is 2.34. The van der Waals surface area contributed by atoms with Crippen LogP contribution in [-0.4, -0.2) is 19.8 Å². The van der Waals surface area contributed by atoms with Crippen LogP contribution in [0.25, 0.3) is 0 Å². The lowest BCUT2D eigenvalue weighted by atomic mass is 9.84. The standard InChI is InChI=1S/C15H23NO2/c1-11-5-6-12(14(2,3)4)9-13(11)15(10-16)17-7-8-18-15/h5-6,9H,7-8,10,16H2,1-4H3. The van der Waals surface area contributed by atoms with Crippen LogP contribution < -0.4 is 5.73 Å². The highest BCUT2D eigenvalue weighted by atomic mass is 16.7. The fraction of sp³-hybridized carbons (Fsp3) is 0.600. The molecule has 1 aliphatic rings. The predicted molar refractivity (Wildman–Crippen MR) is 72.5 cm³/mol. The van der Waals surface area contributed by atoms with Gasteiger partial charge in [0.05, 0.1) is 19.8 Å². The van der Waals surface area contributed by atoms with Crippen molar-refractivity contribution in [3.63, 3.8) is 0 Å². The first-order valence-corrected chi connectivity index (χ1v) is 6.49. The van der Waals surface area contributed by atoms with E-state index in [0.717, 1.165) is 11.1 Å². The molecule has 3 heteroatoms. The lowest BCUT2D eigenvalue weighted by Gasteiger charge is -2.30. The Balaban J connectivity index is 2.49. The van der Waals surface area contributed by atoms with Gasteiger partial charge in [-0.15, -0.1) is 0 Å². The van der Waals surface area contributed by atoms with Crippen molar-refractivity contribution in [1.29, 1.82) is 0 Å². The summed E-state index contributed by atoms with van der Waals surface area (Å²) < 4.78 is 11.6. The first-order valence-electron chi connectivity index (χ1n) is 6.49. The van der Waals surface area contributed by atoms with Gasteiger partial charge < -0.3 is 15.2 Å². The summed E-state index contributed by atoms with van der Waals surface area (Å²) in [6.45, 7) is 10.2. The first kappa shape index (κ1) is 13.5. The lowest BCUT2D eigenvalue weighted by molar-refractivity contribution is -0.157. The predicted octanol–water partition coefficient (Wildman–Crippen LogP) is 2.45. The second-order valence-electron chi connectivity index (χ2n) is 5.93. The number of nitrogens with two attached hydrogens (primary N) is 1. The van der Waals surface area contributed by atoms with Crippen molar-refractivity contribution in [3.8, 4) is 0 Å². The zero-order chi connectivity index (χ0) is 13.4. The van der Waals surface area contributed by atoms with Gasteiger partial charge in [0.15, 0.2) is 0 Å². The number of hydrogen-bond acceptors (Lipinski definition) is 3. The van der Waals surface area contributed by atoms with Gasteiger partial charge in [0, 0.05) is 5.56 Å². The van der Waals surface area contributed by atoms with Crippen molar-refractivity contribution in [1.82, 2.24) is 0 Å². The summed E-state index contributed by atoms with van der Waals surface area (Å²) in [5.74, 6) is -0.745. The van der Waals surface area contributed by atoms with E-state index in [4.69, 9.17) is 15.2 Å². The summed E-state index contributed by atoms with van der Waals surface area (Å²) in [4.78, 5) is 0. The molecule has 0 saturated carbocycles. The number of ether oxygens (including phenoxy) is 2. The molecule has 1 heterocycles. The molecular weight excluding hydrogens is 226 g/mol. The van der Waals surface area contributed by atoms with Gasteiger partial charge in [-0.25, -0.2) is 0 Å². The minimum atomic E-state index is -0.745. The van der Waals surface area contributed by atoms with Gasteiger partial charge in [0.25, 0.3) is 0 Å². The minimum Gasteiger partial charge on any atom is -0.342 e. The highest BCUT2D eigenvalue weighted by Gasteiger charge is 2.38. The molecule has 3 nitrogen and oxygen atoms in total. The van der Waals surface area contributed by atoms with Crippen molar-refractivity contribution < 1.29 is 9.47 Å². The highest BCUT2D eigenvalue weighted by Crippen LogP contribution is 2.35. The van der Waals surface area contributed by atoms with E-state index in [2.05, 4.69) is 45.9 Å². The molecule has 1 aromatic carbocycles. The number of benzene rings is 1. The van der Waals surface area contributed by atoms with E-state index < -0.39 is 5.79 Å². The van der Waals surface area contributed by atoms with Gasteiger partial charge >= 0.3 is 0 Å². The molecule has 2 rings (SSSR count). The van der Waals surface area contributed by atoms with Crippen LogP contribution in [0.4, 0.5) is 0 Å². The summed E-state index contributed by atoms with van der Waals surface area (Å²) in [7, 11) is 0. The molecule has 0 aromatic heterocycles. The van der Waals surface area contributed by atoms with Crippen LogP contribution in [0.3, 0.4) is 0 Å². The van der Waals surface area contributed by atoms with Crippen LogP contribution in [0.5, 0.6) is 0 Å². The molecule has 1 saturated heterocycles. The highest BCUT2D eigenvalue weighted by molar-refractivity contribution is 5.37. The van der Waals surface area contributed by atoms with Crippen molar-refractivity contribution in [2.24, 2.45) is 5.73 Å². The smallest absolute Gasteiger partial charge is 0.207 e. The van der Waals surface area contributed by atoms with E-state index in [1.54, 1.807) is 0 Å². The number of hydrogen-bond donors (Lipinski definition) is 1. The molecule has 1 aromatic rings. The molecule has 0 spiro atoms. The van der Waals surface area contributed by atoms with Crippen LogP contribution in [0, 0.1) is 6.92 Å². The maximum Gasteiger partial charge on any atom is 0.207 e. The molecule has 0 radical (unpaired) electrons. The summed E-state index contributed by atoms with van der Waals surface area (Å²) in [6.07, 6.45) is 0. The summed E-state index contributed by atoms with van der Waals surface area (Å²) in [6, 6.07) is 6.46. The van der Waals surface area contributed by atoms with Gasteiger partial charge in [-0.3, -0.25) is 0 Å². The second-order valence-corrected chi connectivity index (χ2v) is 5.93. The van der Waals surface area contributed by atoms with Gasteiger partial charge in [0.2, 0.25) is 5.79 Å². The van der Waals surface area contributed by atoms with E-state index in [1.165, 1.54) is 5.56 Å². The third-order valence-corrected chi connectivity index (χ3v) is 3.54. The van der Waals surface area contributed by atoms with E-state index in [0.29, 0.717) is 19.8 Å². The molecule has 0 unspecified atom stereocenters. The molecule has 0 bridgehead atoms. The average molecular weight is 249 g/mol. The van der Waals surface area contributed by atoms with Crippen molar-refractivity contribution in [2.45, 2.75) is 38.9 Å². The Morgan fingerprint density at radius 2 is 1.83 bits per heavy atom. The van der Waals surface area contributed by atoms with Crippen LogP contribution >= 0.6 is 0 Å². The Morgan fingerprint density at radius 1 is 1.22 bits per heavy atom. The third-order valence-electron chi connectivity index (χ3n) is 3.54. The number of aryl methyl sites for hydroxylation is 1. The fourth-order valence-corrected chi connectivity index (χ4v) is 2.34. The van der Waals surface area contributed by atoms with Crippen LogP contribution in [0.15, 0.2) is 18.2 Å². The quantitative estimate of drug-likeness (QED) is 0.875. The molecule has 0 amide bonds. The topological polar surface area (TPSA) is 44.5 Å². The molecule has 100 valence electrons. The lowest BCUT2D eigenvalue weighted by Crippen LogP contribution is -2.37. The zero-order valence-corrected chi connectivity index (χ0v) is 11.7. The van der Waals surface area contributed by atoms with Crippen molar-refractivity contribution >= 4 is 0 Å². The molecule has 1 aliphatic heterocycles. The van der Waals surface area contributed by atoms with Gasteiger partial charge in [-0.2, -0.15) is 0 Å². The molecule has 1 fully saturated rings. The number of rotatable bonds is 2. The Kier molecular flexibility index (Phi) is 3.49. The van der Waals surface area contributed by atoms with E-state index in [1.807, 2.05) is 0 Å². The Morgan fingerprint density at radius 3 is 2.33 bits per heavy atom. The van der Waals surface area contributed by atoms with Gasteiger partial charge in [-0.1, -0.05) is 32.9 Å². The Labute approximate surface area is 109 Å². The maximum absolute atomic E-state index is 5.88. The van der Waals surface area contributed by atoms with Crippen LogP contribution in [-0.2, 0) is 20.7 Å². The van der Waals surface area contributed by atoms with E-state index >= 15 is 0 Å². The monoisotopic (exact) mass is 249 g/mol. The van der Waals surface area contributed by atoms with E-state index in [-0.39, 0.29) is 5.41 Å². The van der Waals surface area contributed by atoms with Gasteiger partial charge in [-0.05, 0) is 29.5 Å².